The third kappa shape index (κ3) is 7.45. The third-order valence-electron chi connectivity index (χ3n) is 2.90. The van der Waals surface area contributed by atoms with Crippen molar-refractivity contribution in [2.24, 2.45) is 0 Å². The van der Waals surface area contributed by atoms with E-state index in [1.54, 1.807) is 0 Å². The second kappa shape index (κ2) is 7.78. The van der Waals surface area contributed by atoms with Crippen LogP contribution in [-0.2, 0) is 25.8 Å². The lowest BCUT2D eigenvalue weighted by Crippen LogP contribution is -2.41. The minimum atomic E-state index is -3.24. The Morgan fingerprint density at radius 3 is 2.38 bits per heavy atom. The number of aliphatic carboxylic acids is 1. The van der Waals surface area contributed by atoms with E-state index in [-0.39, 0.29) is 18.6 Å². The van der Waals surface area contributed by atoms with Gasteiger partial charge in [0.25, 0.3) is 0 Å². The Morgan fingerprint density at radius 2 is 1.86 bits per heavy atom. The average Bonchev–Trinajstić information content (AvgIpc) is 2.41. The van der Waals surface area contributed by atoms with Crippen LogP contribution in [0.5, 0.6) is 0 Å². The first-order chi connectivity index (χ1) is 9.78. The number of hydrogen-bond acceptors (Lipinski definition) is 4. The number of benzene rings is 1. The highest BCUT2D eigenvalue weighted by atomic mass is 32.2. The number of carbonyl (C=O) groups excluding carboxylic acids is 1. The van der Waals surface area contributed by atoms with Crippen LogP contribution in [0, 0.1) is 0 Å². The number of rotatable bonds is 8. The van der Waals surface area contributed by atoms with Gasteiger partial charge in [-0.15, -0.1) is 0 Å². The van der Waals surface area contributed by atoms with Gasteiger partial charge in [0.15, 0.2) is 0 Å². The summed E-state index contributed by atoms with van der Waals surface area (Å²) in [5, 5.41) is 11.5. The summed E-state index contributed by atoms with van der Waals surface area (Å²) in [6.45, 7) is 0. The number of nitrogens with one attached hydrogen (secondary N) is 1. The second-order valence-electron chi connectivity index (χ2n) is 4.86. The van der Waals surface area contributed by atoms with Crippen LogP contribution < -0.4 is 5.32 Å². The molecule has 0 bridgehead atoms. The molecule has 1 aromatic rings. The van der Waals surface area contributed by atoms with Crippen LogP contribution in [0.4, 0.5) is 0 Å². The van der Waals surface area contributed by atoms with E-state index in [4.69, 9.17) is 5.11 Å². The largest absolute Gasteiger partial charge is 0.480 e. The maximum absolute atomic E-state index is 11.6. The van der Waals surface area contributed by atoms with Crippen LogP contribution >= 0.6 is 0 Å². The molecule has 0 aliphatic rings. The van der Waals surface area contributed by atoms with Crippen LogP contribution in [0.1, 0.15) is 18.4 Å². The normalized spacial score (nSPS) is 12.6. The quantitative estimate of drug-likeness (QED) is 0.733. The highest BCUT2D eigenvalue weighted by Gasteiger charge is 2.20. The van der Waals surface area contributed by atoms with Crippen molar-refractivity contribution in [1.82, 2.24) is 5.32 Å². The molecule has 0 aliphatic carbocycles. The maximum atomic E-state index is 11.6. The summed E-state index contributed by atoms with van der Waals surface area (Å²) in [5.41, 5.74) is 0.981. The molecule has 1 aromatic carbocycles. The Morgan fingerprint density at radius 1 is 1.24 bits per heavy atom. The summed E-state index contributed by atoms with van der Waals surface area (Å²) >= 11 is 0. The van der Waals surface area contributed by atoms with Gasteiger partial charge in [-0.3, -0.25) is 4.79 Å². The molecule has 0 aliphatic heterocycles. The Bertz CT molecular complexity index is 583. The van der Waals surface area contributed by atoms with Crippen molar-refractivity contribution >= 4 is 21.7 Å². The van der Waals surface area contributed by atoms with Crippen LogP contribution in [0.3, 0.4) is 0 Å². The predicted molar refractivity (Wildman–Crippen MR) is 78.7 cm³/mol. The minimum absolute atomic E-state index is 0.228. The number of amides is 1. The van der Waals surface area contributed by atoms with Gasteiger partial charge in [0.1, 0.15) is 15.9 Å². The van der Waals surface area contributed by atoms with Gasteiger partial charge in [-0.1, -0.05) is 30.3 Å². The van der Waals surface area contributed by atoms with Crippen LogP contribution in [0.2, 0.25) is 0 Å². The first kappa shape index (κ1) is 17.2. The van der Waals surface area contributed by atoms with E-state index < -0.39 is 27.8 Å². The molecule has 0 saturated carbocycles. The average molecular weight is 313 g/mol. The van der Waals surface area contributed by atoms with E-state index >= 15 is 0 Å². The van der Waals surface area contributed by atoms with Crippen LogP contribution in [0.25, 0.3) is 0 Å². The summed E-state index contributed by atoms with van der Waals surface area (Å²) in [5.74, 6) is -1.98. The number of hydrogen-bond donors (Lipinski definition) is 2. The molecule has 0 radical (unpaired) electrons. The lowest BCUT2D eigenvalue weighted by Gasteiger charge is -2.14. The standard InChI is InChI=1S/C14H19NO5S/c1-21(19,20)10-9-13(16)15-12(14(17)18)8-7-11-5-3-2-4-6-11/h2-6,12H,7-10H2,1H3,(H,15,16)(H,17,18). The number of aryl methyl sites for hydroxylation is 1. The first-order valence-electron chi connectivity index (χ1n) is 6.52. The van der Waals surface area contributed by atoms with E-state index in [0.717, 1.165) is 11.8 Å². The molecule has 1 amide bonds. The van der Waals surface area contributed by atoms with E-state index in [9.17, 15) is 18.0 Å². The summed E-state index contributed by atoms with van der Waals surface area (Å²) in [4.78, 5) is 22.7. The monoisotopic (exact) mass is 313 g/mol. The molecule has 116 valence electrons. The lowest BCUT2D eigenvalue weighted by atomic mass is 10.1. The number of carboxylic acids is 1. The molecule has 0 aromatic heterocycles. The van der Waals surface area contributed by atoms with Crippen LogP contribution in [0.15, 0.2) is 30.3 Å². The zero-order chi connectivity index (χ0) is 15.9. The van der Waals surface area contributed by atoms with E-state index in [0.29, 0.717) is 6.42 Å². The van der Waals surface area contributed by atoms with E-state index in [1.165, 1.54) is 0 Å². The Kier molecular flexibility index (Phi) is 6.36. The zero-order valence-electron chi connectivity index (χ0n) is 11.8. The van der Waals surface area contributed by atoms with Crippen molar-refractivity contribution < 1.29 is 23.1 Å². The molecule has 21 heavy (non-hydrogen) atoms. The zero-order valence-corrected chi connectivity index (χ0v) is 12.6. The second-order valence-corrected chi connectivity index (χ2v) is 7.12. The fraction of sp³-hybridized carbons (Fsp3) is 0.429. The van der Waals surface area contributed by atoms with Crippen molar-refractivity contribution in [1.29, 1.82) is 0 Å². The van der Waals surface area contributed by atoms with Gasteiger partial charge in [-0.2, -0.15) is 0 Å². The highest BCUT2D eigenvalue weighted by molar-refractivity contribution is 7.90. The molecule has 0 fully saturated rings. The van der Waals surface area contributed by atoms with E-state index in [2.05, 4.69) is 5.32 Å². The molecule has 2 N–H and O–H groups in total. The van der Waals surface area contributed by atoms with Gasteiger partial charge in [0.05, 0.1) is 5.75 Å². The van der Waals surface area contributed by atoms with Crippen molar-refractivity contribution in [2.75, 3.05) is 12.0 Å². The molecule has 1 unspecified atom stereocenters. The summed E-state index contributed by atoms with van der Waals surface area (Å²) < 4.78 is 21.9. The van der Waals surface area contributed by atoms with Gasteiger partial charge >= 0.3 is 5.97 Å². The lowest BCUT2D eigenvalue weighted by molar-refractivity contribution is -0.141. The molecular formula is C14H19NO5S. The molecule has 7 heteroatoms. The highest BCUT2D eigenvalue weighted by Crippen LogP contribution is 2.05. The first-order valence-corrected chi connectivity index (χ1v) is 8.58. The van der Waals surface area contributed by atoms with Crippen molar-refractivity contribution in [2.45, 2.75) is 25.3 Å². The third-order valence-corrected chi connectivity index (χ3v) is 3.84. The summed E-state index contributed by atoms with van der Waals surface area (Å²) in [6.07, 6.45) is 1.58. The number of carboxylic acid groups (broad SMARTS) is 1. The SMILES string of the molecule is CS(=O)(=O)CCC(=O)NC(CCc1ccccc1)C(=O)O. The molecule has 6 nitrogen and oxygen atoms in total. The maximum Gasteiger partial charge on any atom is 0.326 e. The Hall–Kier alpha value is -1.89. The minimum Gasteiger partial charge on any atom is -0.480 e. The molecule has 1 atom stereocenters. The molecule has 0 spiro atoms. The molecule has 0 saturated heterocycles. The van der Waals surface area contributed by atoms with Crippen molar-refractivity contribution in [3.05, 3.63) is 35.9 Å². The smallest absolute Gasteiger partial charge is 0.326 e. The fourth-order valence-electron chi connectivity index (χ4n) is 1.76. The van der Waals surface area contributed by atoms with Crippen molar-refractivity contribution in [3.8, 4) is 0 Å². The molecule has 1 rings (SSSR count). The number of sulfone groups is 1. The Balaban J connectivity index is 2.50. The van der Waals surface area contributed by atoms with Crippen molar-refractivity contribution in [3.63, 3.8) is 0 Å². The van der Waals surface area contributed by atoms with Gasteiger partial charge in [0, 0.05) is 12.7 Å². The fourth-order valence-corrected chi connectivity index (χ4v) is 2.31. The summed E-state index contributed by atoms with van der Waals surface area (Å²) in [7, 11) is -3.24. The van der Waals surface area contributed by atoms with E-state index in [1.807, 2.05) is 30.3 Å². The Labute approximate surface area is 124 Å². The summed E-state index contributed by atoms with van der Waals surface area (Å²) in [6, 6.07) is 8.32. The topological polar surface area (TPSA) is 101 Å². The molecular weight excluding hydrogens is 294 g/mol. The van der Waals surface area contributed by atoms with Gasteiger partial charge < -0.3 is 10.4 Å². The van der Waals surface area contributed by atoms with Gasteiger partial charge in [-0.05, 0) is 18.4 Å². The predicted octanol–water partition coefficient (Wildman–Crippen LogP) is 0.623. The van der Waals surface area contributed by atoms with Crippen LogP contribution in [-0.4, -0.2) is 43.5 Å². The van der Waals surface area contributed by atoms with Gasteiger partial charge in [-0.25, -0.2) is 13.2 Å². The molecule has 0 heterocycles. The number of carbonyl (C=O) groups is 2. The van der Waals surface area contributed by atoms with Gasteiger partial charge in [0.2, 0.25) is 5.91 Å².